The van der Waals surface area contributed by atoms with Crippen LogP contribution in [0.4, 0.5) is 11.4 Å². The van der Waals surface area contributed by atoms with Crippen molar-refractivity contribution in [1.29, 1.82) is 0 Å². The molecule has 0 atom stereocenters. The average Bonchev–Trinajstić information content (AvgIpc) is 3.79. The molecule has 59 heavy (non-hydrogen) atoms. The lowest BCUT2D eigenvalue weighted by Crippen LogP contribution is -2.28. The zero-order valence-electron chi connectivity index (χ0n) is 34.6. The van der Waals surface area contributed by atoms with Crippen molar-refractivity contribution in [2.45, 2.75) is 77.6 Å². The van der Waals surface area contributed by atoms with Crippen LogP contribution in [0.25, 0.3) is 27.1 Å². The van der Waals surface area contributed by atoms with Crippen LogP contribution in [0.5, 0.6) is 0 Å². The quantitative estimate of drug-likeness (QED) is 0.0962. The molecule has 8 heteroatoms. The summed E-state index contributed by atoms with van der Waals surface area (Å²) in [7, 11) is -4.12. The van der Waals surface area contributed by atoms with Gasteiger partial charge >= 0.3 is 5.97 Å². The zero-order chi connectivity index (χ0) is 41.7. The maximum atomic E-state index is 11.9. The summed E-state index contributed by atoms with van der Waals surface area (Å²) in [4.78, 5) is 14.1. The summed E-state index contributed by atoms with van der Waals surface area (Å²) in [6.45, 7) is 12.7. The fourth-order valence-corrected chi connectivity index (χ4v) is 10.3. The highest BCUT2D eigenvalue weighted by Gasteiger charge is 2.45. The fraction of sp³-hybridized carbons (Fsp3) is 0.294. The largest absolute Gasteiger partial charge is 0.478 e. The summed E-state index contributed by atoms with van der Waals surface area (Å²) in [5.74, 6) is -1.27. The summed E-state index contributed by atoms with van der Waals surface area (Å²) >= 11 is 0. The average molecular weight is 806 g/mol. The Kier molecular flexibility index (Phi) is 10.6. The van der Waals surface area contributed by atoms with E-state index in [4.69, 9.17) is 0 Å². The summed E-state index contributed by atoms with van der Waals surface area (Å²) < 4.78 is 35.7. The molecule has 2 heterocycles. The Hall–Kier alpha value is -5.57. The molecule has 2 N–H and O–H groups in total. The summed E-state index contributed by atoms with van der Waals surface area (Å²) in [5, 5.41) is 14.6. The van der Waals surface area contributed by atoms with E-state index in [1.54, 1.807) is 12.1 Å². The van der Waals surface area contributed by atoms with Gasteiger partial charge in [0.2, 0.25) is 5.69 Å². The number of fused-ring (bicyclic) bond motifs is 6. The SMILES string of the molecule is CCCC[N+]1=C(/C=C/C2=C(c3ccc(C(=O)O)cc3)C(=C/C=C3/N(CCCS(=O)(=O)O)c4ccc5ccccc5c4C3(C)C)/CC2)C(C)(C)c2c1ccc1ccccc21. The smallest absolute Gasteiger partial charge is 0.335 e. The Morgan fingerprint density at radius 1 is 0.780 bits per heavy atom. The van der Waals surface area contributed by atoms with Gasteiger partial charge in [-0.3, -0.25) is 4.55 Å². The van der Waals surface area contributed by atoms with Crippen LogP contribution in [-0.4, -0.2) is 53.2 Å². The Balaban J connectivity index is 1.25. The monoisotopic (exact) mass is 805 g/mol. The van der Waals surface area contributed by atoms with Crippen LogP contribution in [-0.2, 0) is 20.9 Å². The van der Waals surface area contributed by atoms with Crippen molar-refractivity contribution in [2.75, 3.05) is 23.7 Å². The second kappa shape index (κ2) is 15.6. The first kappa shape index (κ1) is 40.2. The minimum Gasteiger partial charge on any atom is -0.478 e. The van der Waals surface area contributed by atoms with Crippen molar-refractivity contribution in [3.63, 3.8) is 0 Å². The van der Waals surface area contributed by atoms with Crippen LogP contribution in [0, 0.1) is 0 Å². The third-order valence-electron chi connectivity index (χ3n) is 12.6. The third kappa shape index (κ3) is 7.38. The molecule has 0 saturated heterocycles. The van der Waals surface area contributed by atoms with E-state index in [-0.39, 0.29) is 23.2 Å². The second-order valence-corrected chi connectivity index (χ2v) is 18.7. The van der Waals surface area contributed by atoms with Crippen LogP contribution in [0.2, 0.25) is 0 Å². The lowest BCUT2D eigenvalue weighted by atomic mass is 9.79. The molecule has 0 unspecified atom stereocenters. The van der Waals surface area contributed by atoms with E-state index in [1.807, 2.05) is 18.2 Å². The molecule has 0 radical (unpaired) electrons. The molecule has 0 fully saturated rings. The molecule has 3 aliphatic rings. The number of carboxylic acid groups (broad SMARTS) is 1. The van der Waals surface area contributed by atoms with Crippen LogP contribution in [0.3, 0.4) is 0 Å². The number of allylic oxidation sites excluding steroid dienone is 8. The number of carbonyl (C=O) groups is 1. The van der Waals surface area contributed by atoms with Gasteiger partial charge in [-0.2, -0.15) is 13.0 Å². The zero-order valence-corrected chi connectivity index (χ0v) is 35.4. The van der Waals surface area contributed by atoms with E-state index in [9.17, 15) is 22.9 Å². The van der Waals surface area contributed by atoms with Gasteiger partial charge in [-0.25, -0.2) is 4.79 Å². The van der Waals surface area contributed by atoms with Gasteiger partial charge in [0.25, 0.3) is 10.1 Å². The first-order valence-electron chi connectivity index (χ1n) is 20.8. The number of hydrogen-bond donors (Lipinski definition) is 2. The molecule has 1 aliphatic carbocycles. The minimum atomic E-state index is -4.12. The van der Waals surface area contributed by atoms with E-state index in [0.29, 0.717) is 6.54 Å². The molecule has 0 aromatic heterocycles. The van der Waals surface area contributed by atoms with E-state index in [1.165, 1.54) is 38.9 Å². The minimum absolute atomic E-state index is 0.238. The molecule has 302 valence electrons. The third-order valence-corrected chi connectivity index (χ3v) is 13.4. The van der Waals surface area contributed by atoms with Crippen molar-refractivity contribution in [1.82, 2.24) is 0 Å². The molecule has 7 nitrogen and oxygen atoms in total. The second-order valence-electron chi connectivity index (χ2n) is 17.2. The highest BCUT2D eigenvalue weighted by molar-refractivity contribution is 7.85. The van der Waals surface area contributed by atoms with Gasteiger partial charge in [0.15, 0.2) is 5.71 Å². The van der Waals surface area contributed by atoms with Gasteiger partial charge in [0, 0.05) is 47.5 Å². The van der Waals surface area contributed by atoms with Gasteiger partial charge in [0.1, 0.15) is 6.54 Å². The normalized spacial score (nSPS) is 18.6. The first-order valence-corrected chi connectivity index (χ1v) is 22.4. The van der Waals surface area contributed by atoms with Crippen molar-refractivity contribution >= 4 is 60.3 Å². The van der Waals surface area contributed by atoms with Gasteiger partial charge in [-0.15, -0.1) is 0 Å². The summed E-state index contributed by atoms with van der Waals surface area (Å²) in [5.41, 5.74) is 11.2. The van der Waals surface area contributed by atoms with Gasteiger partial charge < -0.3 is 10.0 Å². The first-order chi connectivity index (χ1) is 28.2. The lowest BCUT2D eigenvalue weighted by molar-refractivity contribution is -0.438. The topological polar surface area (TPSA) is 97.9 Å². The molecular formula is C51H53N2O5S+. The van der Waals surface area contributed by atoms with Crippen molar-refractivity contribution in [3.05, 3.63) is 160 Å². The number of anilines is 1. The van der Waals surface area contributed by atoms with E-state index in [2.05, 4.69) is 135 Å². The standard InChI is InChI=1S/C51H52N2O5S/c1-6-7-31-52-42-27-23-34-13-8-10-15-40(34)47(42)50(2,3)44(52)29-25-37-17-18-38(46(37)36-19-21-39(22-20-36)49(54)55)26-30-45-51(4,5)48-41-16-11-9-14-35(41)24-28-43(48)53(45)32-12-33-59(56,57)58/h8-11,13-16,19-30H,6-7,12,17-18,31-33H2,1-5H3,(H-,54,55,56,57,58)/p+1. The van der Waals surface area contributed by atoms with Crippen LogP contribution >= 0.6 is 0 Å². The van der Waals surface area contributed by atoms with Crippen LogP contribution < -0.4 is 4.90 Å². The maximum Gasteiger partial charge on any atom is 0.335 e. The maximum absolute atomic E-state index is 11.9. The van der Waals surface area contributed by atoms with Gasteiger partial charge in [-0.1, -0.05) is 106 Å². The Morgan fingerprint density at radius 3 is 2.10 bits per heavy atom. The Labute approximate surface area is 348 Å². The van der Waals surface area contributed by atoms with Crippen LogP contribution in [0.15, 0.2) is 138 Å². The Bertz CT molecular complexity index is 2780. The number of unbranched alkanes of at least 4 members (excludes halogenated alkanes) is 1. The van der Waals surface area contributed by atoms with Gasteiger partial charge in [-0.05, 0) is 113 Å². The number of benzene rings is 5. The summed E-state index contributed by atoms with van der Waals surface area (Å²) in [6, 6.07) is 33.0. The summed E-state index contributed by atoms with van der Waals surface area (Å²) in [6.07, 6.45) is 13.1. The Morgan fingerprint density at radius 2 is 1.44 bits per heavy atom. The molecule has 5 aromatic rings. The highest BCUT2D eigenvalue weighted by Crippen LogP contribution is 2.51. The number of nitrogens with zero attached hydrogens (tertiary/aromatic N) is 2. The van der Waals surface area contributed by atoms with E-state index < -0.39 is 21.5 Å². The highest BCUT2D eigenvalue weighted by atomic mass is 32.2. The molecule has 0 saturated carbocycles. The molecule has 0 amide bonds. The van der Waals surface area contributed by atoms with E-state index >= 15 is 0 Å². The van der Waals surface area contributed by atoms with E-state index in [0.717, 1.165) is 71.1 Å². The number of carboxylic acids is 1. The van der Waals surface area contributed by atoms with Crippen molar-refractivity contribution in [2.24, 2.45) is 0 Å². The van der Waals surface area contributed by atoms with Crippen molar-refractivity contribution < 1.29 is 27.4 Å². The number of hydrogen-bond acceptors (Lipinski definition) is 4. The predicted molar refractivity (Wildman–Crippen MR) is 242 cm³/mol. The van der Waals surface area contributed by atoms with Gasteiger partial charge in [0.05, 0.1) is 16.7 Å². The molecule has 0 spiro atoms. The fourth-order valence-electron chi connectivity index (χ4n) is 9.84. The van der Waals surface area contributed by atoms with Crippen molar-refractivity contribution in [3.8, 4) is 0 Å². The van der Waals surface area contributed by atoms with Crippen LogP contribution in [0.1, 0.15) is 93.8 Å². The molecule has 0 bridgehead atoms. The molecule has 5 aromatic carbocycles. The number of rotatable bonds is 12. The molecular weight excluding hydrogens is 753 g/mol. The predicted octanol–water partition coefficient (Wildman–Crippen LogP) is 11.6. The lowest BCUT2D eigenvalue weighted by Gasteiger charge is -2.27. The molecule has 2 aliphatic heterocycles. The molecule has 8 rings (SSSR count). The number of aromatic carboxylic acids is 1.